The van der Waals surface area contributed by atoms with E-state index in [0.717, 1.165) is 52.2 Å². The van der Waals surface area contributed by atoms with Crippen LogP contribution >= 0.6 is 0 Å². The number of allylic oxidation sites excluding steroid dienone is 2. The van der Waals surface area contributed by atoms with Crippen LogP contribution < -0.4 is 9.80 Å². The summed E-state index contributed by atoms with van der Waals surface area (Å²) in [6.07, 6.45) is 2.48. The van der Waals surface area contributed by atoms with Gasteiger partial charge in [-0.15, -0.1) is 0 Å². The zero-order valence-corrected chi connectivity index (χ0v) is 17.7. The summed E-state index contributed by atoms with van der Waals surface area (Å²) >= 11 is 0. The maximum atomic E-state index is 13.3. The minimum Gasteiger partial charge on any atom is -0.378 e. The minimum atomic E-state index is -0.149. The van der Waals surface area contributed by atoms with Gasteiger partial charge >= 0.3 is 0 Å². The average molecular weight is 389 g/mol. The van der Waals surface area contributed by atoms with Crippen molar-refractivity contribution >= 4 is 23.1 Å². The highest BCUT2D eigenvalue weighted by molar-refractivity contribution is 6.07. The molecule has 0 aromatic heterocycles. The summed E-state index contributed by atoms with van der Waals surface area (Å²) in [5.41, 5.74) is 7.04. The summed E-state index contributed by atoms with van der Waals surface area (Å²) in [6, 6.07) is 14.4. The van der Waals surface area contributed by atoms with E-state index in [1.807, 2.05) is 49.9 Å². The highest BCUT2D eigenvalue weighted by atomic mass is 16.2. The average Bonchev–Trinajstić information content (AvgIpc) is 2.66. The molecule has 29 heavy (non-hydrogen) atoms. The zero-order valence-electron chi connectivity index (χ0n) is 17.7. The molecule has 0 N–H and O–H groups in total. The summed E-state index contributed by atoms with van der Waals surface area (Å²) < 4.78 is 0. The molecule has 0 spiro atoms. The Labute approximate surface area is 172 Å². The summed E-state index contributed by atoms with van der Waals surface area (Å²) in [4.78, 5) is 30.2. The van der Waals surface area contributed by atoms with Gasteiger partial charge in [0.15, 0.2) is 5.78 Å². The van der Waals surface area contributed by atoms with Crippen LogP contribution in [0.2, 0.25) is 0 Å². The number of hydrogen-bond acceptors (Lipinski definition) is 3. The first kappa shape index (κ1) is 19.4. The first-order valence-corrected chi connectivity index (χ1v) is 10.3. The predicted octanol–water partition coefficient (Wildman–Crippen LogP) is 4.90. The van der Waals surface area contributed by atoms with E-state index in [0.29, 0.717) is 12.8 Å². The van der Waals surface area contributed by atoms with Crippen molar-refractivity contribution in [1.82, 2.24) is 0 Å². The second-order valence-electron chi connectivity index (χ2n) is 8.45. The molecule has 0 radical (unpaired) electrons. The summed E-state index contributed by atoms with van der Waals surface area (Å²) in [6.45, 7) is 4.09. The number of nitrogens with zero attached hydrogens (tertiary/aromatic N) is 2. The van der Waals surface area contributed by atoms with Gasteiger partial charge in [-0.2, -0.15) is 0 Å². The lowest BCUT2D eigenvalue weighted by Crippen LogP contribution is -2.40. The molecule has 0 saturated carbocycles. The van der Waals surface area contributed by atoms with E-state index in [-0.39, 0.29) is 17.6 Å². The molecule has 1 heterocycles. The Bertz CT molecular complexity index is 982. The number of hydrogen-bond donors (Lipinski definition) is 0. The lowest BCUT2D eigenvalue weighted by atomic mass is 9.77. The van der Waals surface area contributed by atoms with Gasteiger partial charge in [0.05, 0.1) is 0 Å². The van der Waals surface area contributed by atoms with Gasteiger partial charge in [0.2, 0.25) is 5.91 Å². The maximum Gasteiger partial charge on any atom is 0.232 e. The Hall–Kier alpha value is -2.88. The van der Waals surface area contributed by atoms with Crippen LogP contribution in [0, 0.1) is 13.8 Å². The fourth-order valence-electron chi connectivity index (χ4n) is 4.66. The molecular weight excluding hydrogens is 360 g/mol. The fourth-order valence-corrected chi connectivity index (χ4v) is 4.66. The summed E-state index contributed by atoms with van der Waals surface area (Å²) in [5, 5.41) is 0. The van der Waals surface area contributed by atoms with Crippen molar-refractivity contribution in [1.29, 1.82) is 0 Å². The lowest BCUT2D eigenvalue weighted by molar-refractivity contribution is -0.119. The molecule has 1 aliphatic heterocycles. The largest absolute Gasteiger partial charge is 0.378 e. The van der Waals surface area contributed by atoms with Crippen LogP contribution in [0.3, 0.4) is 0 Å². The van der Waals surface area contributed by atoms with Crippen molar-refractivity contribution in [2.24, 2.45) is 0 Å². The third kappa shape index (κ3) is 3.59. The van der Waals surface area contributed by atoms with Crippen LogP contribution in [-0.2, 0) is 9.59 Å². The van der Waals surface area contributed by atoms with Crippen molar-refractivity contribution in [3.63, 3.8) is 0 Å². The molecule has 2 aromatic carbocycles. The molecular formula is C25H28N2O2. The molecule has 2 aromatic rings. The molecule has 4 nitrogen and oxygen atoms in total. The van der Waals surface area contributed by atoms with Gasteiger partial charge in [-0.05, 0) is 67.6 Å². The molecule has 2 aliphatic rings. The Morgan fingerprint density at radius 2 is 1.59 bits per heavy atom. The van der Waals surface area contributed by atoms with Crippen molar-refractivity contribution in [2.45, 2.75) is 45.4 Å². The smallest absolute Gasteiger partial charge is 0.232 e. The third-order valence-corrected chi connectivity index (χ3v) is 5.95. The first-order valence-electron chi connectivity index (χ1n) is 10.3. The zero-order chi connectivity index (χ0) is 20.7. The van der Waals surface area contributed by atoms with Crippen LogP contribution in [0.5, 0.6) is 0 Å². The Morgan fingerprint density at radius 3 is 2.21 bits per heavy atom. The maximum absolute atomic E-state index is 13.3. The van der Waals surface area contributed by atoms with Crippen molar-refractivity contribution < 1.29 is 9.59 Å². The van der Waals surface area contributed by atoms with Crippen LogP contribution in [0.1, 0.15) is 48.3 Å². The van der Waals surface area contributed by atoms with Crippen molar-refractivity contribution in [3.05, 3.63) is 70.4 Å². The van der Waals surface area contributed by atoms with Crippen LogP contribution in [0.15, 0.2) is 53.7 Å². The van der Waals surface area contributed by atoms with Crippen LogP contribution in [0.25, 0.3) is 0 Å². The van der Waals surface area contributed by atoms with E-state index in [9.17, 15) is 9.59 Å². The third-order valence-electron chi connectivity index (χ3n) is 5.95. The Kier molecular flexibility index (Phi) is 5.03. The quantitative estimate of drug-likeness (QED) is 0.751. The number of benzene rings is 2. The fraction of sp³-hybridized carbons (Fsp3) is 0.360. The number of carbonyl (C=O) groups is 2. The lowest BCUT2D eigenvalue weighted by Gasteiger charge is -2.38. The number of ketones is 1. The number of carbonyl (C=O) groups excluding carboxylic acids is 2. The van der Waals surface area contributed by atoms with E-state index in [4.69, 9.17) is 0 Å². The van der Waals surface area contributed by atoms with Crippen molar-refractivity contribution in [3.8, 4) is 0 Å². The molecule has 0 fully saturated rings. The molecule has 1 aliphatic carbocycles. The van der Waals surface area contributed by atoms with Gasteiger partial charge in [-0.1, -0.05) is 18.2 Å². The Morgan fingerprint density at radius 1 is 0.931 bits per heavy atom. The summed E-state index contributed by atoms with van der Waals surface area (Å²) in [7, 11) is 4.01. The van der Waals surface area contributed by atoms with Crippen LogP contribution in [0.4, 0.5) is 11.4 Å². The van der Waals surface area contributed by atoms with Gasteiger partial charge in [0.25, 0.3) is 0 Å². The molecule has 4 heteroatoms. The van der Waals surface area contributed by atoms with E-state index >= 15 is 0 Å². The summed E-state index contributed by atoms with van der Waals surface area (Å²) in [5.74, 6) is 0.114. The molecule has 1 amide bonds. The molecule has 150 valence electrons. The van der Waals surface area contributed by atoms with Gasteiger partial charge in [0, 0.05) is 55.5 Å². The molecule has 1 atom stereocenters. The van der Waals surface area contributed by atoms with E-state index in [1.165, 1.54) is 0 Å². The highest BCUT2D eigenvalue weighted by Gasteiger charge is 2.39. The number of aryl methyl sites for hydroxylation is 2. The van der Waals surface area contributed by atoms with Gasteiger partial charge < -0.3 is 4.90 Å². The number of rotatable bonds is 3. The second-order valence-corrected chi connectivity index (χ2v) is 8.45. The topological polar surface area (TPSA) is 40.6 Å². The first-order chi connectivity index (χ1) is 13.8. The standard InChI is InChI=1S/C25H28N2O2/c1-16-12-17(2)14-20(13-16)27-22-6-5-7-23(28)25(22)21(15-24(27)29)18-8-10-19(11-9-18)26(3)4/h8-14,21H,5-7,15H2,1-4H3. The molecule has 4 rings (SSSR count). The number of anilines is 2. The van der Waals surface area contributed by atoms with Gasteiger partial charge in [-0.25, -0.2) is 0 Å². The van der Waals surface area contributed by atoms with Crippen molar-refractivity contribution in [2.75, 3.05) is 23.9 Å². The number of Topliss-reactive ketones (excluding diaryl/α,β-unsaturated/α-hetero) is 1. The molecule has 1 unspecified atom stereocenters. The van der Waals surface area contributed by atoms with Crippen LogP contribution in [-0.4, -0.2) is 25.8 Å². The minimum absolute atomic E-state index is 0.0742. The second kappa shape index (κ2) is 7.51. The highest BCUT2D eigenvalue weighted by Crippen LogP contribution is 2.43. The Balaban J connectivity index is 1.82. The molecule has 0 saturated heterocycles. The molecule has 0 bridgehead atoms. The van der Waals surface area contributed by atoms with E-state index in [1.54, 1.807) is 0 Å². The van der Waals surface area contributed by atoms with Gasteiger partial charge in [0.1, 0.15) is 0 Å². The van der Waals surface area contributed by atoms with E-state index < -0.39 is 0 Å². The predicted molar refractivity (Wildman–Crippen MR) is 117 cm³/mol. The number of amides is 1. The monoisotopic (exact) mass is 388 g/mol. The van der Waals surface area contributed by atoms with E-state index in [2.05, 4.69) is 30.3 Å². The SMILES string of the molecule is Cc1cc(C)cc(N2C(=O)CC(c3ccc(N(C)C)cc3)C3=C2CCCC3=O)c1. The normalized spacial score (nSPS) is 19.4. The van der Waals surface area contributed by atoms with Gasteiger partial charge in [-0.3, -0.25) is 14.5 Å².